The van der Waals surface area contributed by atoms with Gasteiger partial charge in [-0.3, -0.25) is 4.79 Å². The Morgan fingerprint density at radius 2 is 2.17 bits per heavy atom. The highest BCUT2D eigenvalue weighted by atomic mass is 79.9. The maximum atomic E-state index is 12.0. The van der Waals surface area contributed by atoms with Gasteiger partial charge in [-0.2, -0.15) is 0 Å². The van der Waals surface area contributed by atoms with Crippen molar-refractivity contribution in [2.45, 2.75) is 19.4 Å². The normalized spacial score (nSPS) is 16.8. The third kappa shape index (κ3) is 2.37. The average Bonchev–Trinajstić information content (AvgIpc) is 2.34. The highest BCUT2D eigenvalue weighted by Gasteiger charge is 2.29. The Morgan fingerprint density at radius 3 is 2.83 bits per heavy atom. The van der Waals surface area contributed by atoms with Crippen LogP contribution in [-0.4, -0.2) is 32.1 Å². The number of fused-ring (bicyclic) bond motifs is 1. The molecule has 18 heavy (non-hydrogen) atoms. The lowest BCUT2D eigenvalue weighted by Gasteiger charge is -2.39. The topological polar surface area (TPSA) is 49.6 Å². The Hall–Kier alpha value is -1.07. The number of carbonyl (C=O) groups is 1. The van der Waals surface area contributed by atoms with Gasteiger partial charge in [0.05, 0.1) is 17.9 Å². The van der Waals surface area contributed by atoms with Gasteiger partial charge in [-0.15, -0.1) is 0 Å². The highest BCUT2D eigenvalue weighted by molar-refractivity contribution is 9.10. The van der Waals surface area contributed by atoms with Crippen LogP contribution in [0.4, 0.5) is 11.4 Å². The summed E-state index contributed by atoms with van der Waals surface area (Å²) >= 11 is 3.45. The number of hydrogen-bond donors (Lipinski definition) is 1. The van der Waals surface area contributed by atoms with E-state index in [1.807, 2.05) is 19.2 Å². The highest BCUT2D eigenvalue weighted by Crippen LogP contribution is 2.36. The summed E-state index contributed by atoms with van der Waals surface area (Å²) in [6.45, 7) is 3.16. The number of nitrogens with two attached hydrogens (primary N) is 1. The second-order valence-electron chi connectivity index (χ2n) is 4.64. The van der Waals surface area contributed by atoms with Crippen molar-refractivity contribution < 1.29 is 4.79 Å². The lowest BCUT2D eigenvalue weighted by atomic mass is 10.1. The molecular weight excluding hydrogens is 294 g/mol. The van der Waals surface area contributed by atoms with E-state index in [1.54, 1.807) is 4.90 Å². The van der Waals surface area contributed by atoms with Gasteiger partial charge in [0.25, 0.3) is 0 Å². The molecule has 1 aliphatic rings. The molecule has 1 aliphatic heterocycles. The quantitative estimate of drug-likeness (QED) is 0.928. The number of likely N-dealkylation sites (N-methyl/N-ethyl adjacent to an activating group) is 1. The minimum Gasteiger partial charge on any atom is -0.358 e. The monoisotopic (exact) mass is 311 g/mol. The lowest BCUT2D eigenvalue weighted by Crippen LogP contribution is -2.48. The van der Waals surface area contributed by atoms with Gasteiger partial charge in [-0.25, -0.2) is 0 Å². The fraction of sp³-hybridized carbons (Fsp3) is 0.462. The molecule has 0 bridgehead atoms. The number of carbonyl (C=O) groups excluding carboxylic acids is 1. The van der Waals surface area contributed by atoms with Crippen LogP contribution in [0.3, 0.4) is 0 Å². The molecular formula is C13H18BrN3O. The number of benzene rings is 1. The third-order valence-corrected chi connectivity index (χ3v) is 3.90. The van der Waals surface area contributed by atoms with Crippen LogP contribution < -0.4 is 15.5 Å². The van der Waals surface area contributed by atoms with Crippen LogP contribution in [0.1, 0.15) is 13.3 Å². The summed E-state index contributed by atoms with van der Waals surface area (Å²) < 4.78 is 0.981. The van der Waals surface area contributed by atoms with Gasteiger partial charge in [0.1, 0.15) is 0 Å². The zero-order valence-electron chi connectivity index (χ0n) is 10.7. The number of nitrogens with zero attached hydrogens (tertiary/aromatic N) is 2. The largest absolute Gasteiger partial charge is 0.358 e. The maximum Gasteiger partial charge on any atom is 0.246 e. The van der Waals surface area contributed by atoms with E-state index in [0.29, 0.717) is 13.1 Å². The van der Waals surface area contributed by atoms with Gasteiger partial charge in [-0.1, -0.05) is 15.9 Å². The van der Waals surface area contributed by atoms with Crippen LogP contribution in [0.2, 0.25) is 0 Å². The maximum absolute atomic E-state index is 12.0. The van der Waals surface area contributed by atoms with Gasteiger partial charge in [0, 0.05) is 17.6 Å². The molecule has 4 nitrogen and oxygen atoms in total. The van der Waals surface area contributed by atoms with E-state index in [1.165, 1.54) is 0 Å². The summed E-state index contributed by atoms with van der Waals surface area (Å²) in [4.78, 5) is 15.9. The molecule has 0 radical (unpaired) electrons. The van der Waals surface area contributed by atoms with E-state index in [2.05, 4.69) is 33.8 Å². The molecule has 1 aromatic rings. The van der Waals surface area contributed by atoms with Crippen molar-refractivity contribution in [2.24, 2.45) is 5.73 Å². The molecule has 1 aromatic carbocycles. The first-order valence-electron chi connectivity index (χ1n) is 6.07. The molecule has 2 rings (SSSR count). The van der Waals surface area contributed by atoms with E-state index >= 15 is 0 Å². The fourth-order valence-corrected chi connectivity index (χ4v) is 2.62. The molecule has 1 atom stereocenters. The third-order valence-electron chi connectivity index (χ3n) is 3.40. The van der Waals surface area contributed by atoms with Crippen LogP contribution in [0, 0.1) is 0 Å². The second-order valence-corrected chi connectivity index (χ2v) is 5.56. The van der Waals surface area contributed by atoms with Crippen molar-refractivity contribution in [3.05, 3.63) is 22.7 Å². The van der Waals surface area contributed by atoms with Crippen molar-refractivity contribution in [3.8, 4) is 0 Å². The van der Waals surface area contributed by atoms with E-state index in [4.69, 9.17) is 5.73 Å². The van der Waals surface area contributed by atoms with Gasteiger partial charge in [0.15, 0.2) is 0 Å². The van der Waals surface area contributed by atoms with E-state index < -0.39 is 0 Å². The zero-order valence-corrected chi connectivity index (χ0v) is 12.3. The smallest absolute Gasteiger partial charge is 0.246 e. The average molecular weight is 312 g/mol. The molecule has 0 fully saturated rings. The van der Waals surface area contributed by atoms with Gasteiger partial charge in [0.2, 0.25) is 5.91 Å². The van der Waals surface area contributed by atoms with Crippen LogP contribution in [0.15, 0.2) is 22.7 Å². The van der Waals surface area contributed by atoms with Crippen LogP contribution >= 0.6 is 15.9 Å². The molecule has 0 spiro atoms. The van der Waals surface area contributed by atoms with Crippen molar-refractivity contribution in [3.63, 3.8) is 0 Å². The Morgan fingerprint density at radius 1 is 1.44 bits per heavy atom. The molecule has 0 aliphatic carbocycles. The summed E-state index contributed by atoms with van der Waals surface area (Å²) in [5, 5.41) is 0. The summed E-state index contributed by atoms with van der Waals surface area (Å²) in [6, 6.07) is 6.31. The van der Waals surface area contributed by atoms with Gasteiger partial charge < -0.3 is 15.5 Å². The van der Waals surface area contributed by atoms with Crippen molar-refractivity contribution in [2.75, 3.05) is 29.9 Å². The molecule has 0 aromatic heterocycles. The van der Waals surface area contributed by atoms with Crippen molar-refractivity contribution in [1.29, 1.82) is 0 Å². The first-order chi connectivity index (χ1) is 8.54. The van der Waals surface area contributed by atoms with Crippen LogP contribution in [0.5, 0.6) is 0 Å². The summed E-state index contributed by atoms with van der Waals surface area (Å²) in [7, 11) is 1.82. The van der Waals surface area contributed by atoms with E-state index in [0.717, 1.165) is 22.3 Å². The Balaban J connectivity index is 2.41. The molecule has 0 saturated carbocycles. The molecule has 1 amide bonds. The number of anilines is 2. The number of halogens is 1. The summed E-state index contributed by atoms with van der Waals surface area (Å²) in [6.07, 6.45) is 0.881. The summed E-state index contributed by atoms with van der Waals surface area (Å²) in [5.41, 5.74) is 7.66. The molecule has 2 N–H and O–H groups in total. The lowest BCUT2D eigenvalue weighted by molar-refractivity contribution is -0.117. The number of rotatable bonds is 3. The zero-order chi connectivity index (χ0) is 13.3. The molecule has 1 unspecified atom stereocenters. The van der Waals surface area contributed by atoms with Crippen LogP contribution in [-0.2, 0) is 4.79 Å². The minimum absolute atomic E-state index is 0.115. The van der Waals surface area contributed by atoms with Gasteiger partial charge in [-0.05, 0) is 38.1 Å². The Labute approximate surface area is 116 Å². The number of amides is 1. The first-order valence-corrected chi connectivity index (χ1v) is 6.86. The molecule has 0 saturated heterocycles. The van der Waals surface area contributed by atoms with Gasteiger partial charge >= 0.3 is 0 Å². The van der Waals surface area contributed by atoms with E-state index in [-0.39, 0.29) is 11.9 Å². The van der Waals surface area contributed by atoms with Crippen molar-refractivity contribution >= 4 is 33.2 Å². The standard InChI is InChI=1S/C13H18BrN3O/c1-9(5-6-15)17-8-13(18)16(2)12-7-10(14)3-4-11(12)17/h3-4,7,9H,5-6,8,15H2,1-2H3. The first kappa shape index (κ1) is 13.4. The fourth-order valence-electron chi connectivity index (χ4n) is 2.27. The SMILES string of the molecule is CC(CCN)N1CC(=O)N(C)c2cc(Br)ccc21. The van der Waals surface area contributed by atoms with E-state index in [9.17, 15) is 4.79 Å². The Bertz CT molecular complexity index is 464. The summed E-state index contributed by atoms with van der Waals surface area (Å²) in [5.74, 6) is 0.115. The number of hydrogen-bond acceptors (Lipinski definition) is 3. The molecule has 98 valence electrons. The predicted molar refractivity (Wildman–Crippen MR) is 78.0 cm³/mol. The van der Waals surface area contributed by atoms with Crippen molar-refractivity contribution in [1.82, 2.24) is 0 Å². The second kappa shape index (κ2) is 5.28. The minimum atomic E-state index is 0.115. The Kier molecular flexibility index (Phi) is 3.92. The van der Waals surface area contributed by atoms with Crippen LogP contribution in [0.25, 0.3) is 0 Å². The molecule has 5 heteroatoms. The predicted octanol–water partition coefficient (Wildman–Crippen LogP) is 1.97. The molecule has 1 heterocycles.